The van der Waals surface area contributed by atoms with Gasteiger partial charge in [-0.15, -0.1) is 0 Å². The molecule has 2 aromatic heterocycles. The maximum atomic E-state index is 13.5. The van der Waals surface area contributed by atoms with E-state index in [2.05, 4.69) is 20.3 Å². The smallest absolute Gasteiger partial charge is 0.354 e. The number of H-pyrrole nitrogens is 1. The lowest BCUT2D eigenvalue weighted by atomic mass is 9.79. The van der Waals surface area contributed by atoms with Crippen molar-refractivity contribution < 1.29 is 17.6 Å². The lowest BCUT2D eigenvalue weighted by molar-refractivity contribution is -0.141. The maximum absolute atomic E-state index is 13.5. The van der Waals surface area contributed by atoms with Crippen LogP contribution in [-0.2, 0) is 11.7 Å². The molecule has 0 saturated carbocycles. The van der Waals surface area contributed by atoms with Gasteiger partial charge in [-0.25, -0.2) is 4.39 Å². The van der Waals surface area contributed by atoms with E-state index in [-0.39, 0.29) is 5.56 Å². The molecule has 30 heavy (non-hydrogen) atoms. The van der Waals surface area contributed by atoms with Gasteiger partial charge in [0.1, 0.15) is 22.9 Å². The molecule has 3 heterocycles. The topological polar surface area (TPSA) is 70.1 Å². The average Bonchev–Trinajstić information content (AvgIpc) is 3.07. The Kier molecular flexibility index (Phi) is 4.68. The fourth-order valence-corrected chi connectivity index (χ4v) is 3.62. The molecule has 1 unspecified atom stereocenters. The molecule has 0 bridgehead atoms. The number of aromatic amines is 1. The van der Waals surface area contributed by atoms with Gasteiger partial charge in [0.05, 0.1) is 6.04 Å². The standard InChI is InChI=1S/C21H16F4N4O/c1-12-20(14-3-6-16(22)7-4-14,15-5-8-17(26-11-15)21(23,24)25)29-19(28-12)13-2-9-18(30)27-10-13/h2-12H,1H3,(H,27,30)(H,28,29)/t12-,20?/m0/s1. The first-order chi connectivity index (χ1) is 14.2. The van der Waals surface area contributed by atoms with E-state index in [0.717, 1.165) is 12.3 Å². The summed E-state index contributed by atoms with van der Waals surface area (Å²) in [5, 5.41) is 3.28. The first kappa shape index (κ1) is 19.8. The van der Waals surface area contributed by atoms with E-state index in [1.165, 1.54) is 30.5 Å². The van der Waals surface area contributed by atoms with Gasteiger partial charge >= 0.3 is 6.18 Å². The molecule has 5 nitrogen and oxygen atoms in total. The zero-order valence-electron chi connectivity index (χ0n) is 15.7. The van der Waals surface area contributed by atoms with Gasteiger partial charge in [0.15, 0.2) is 0 Å². The van der Waals surface area contributed by atoms with Gasteiger partial charge in [0.2, 0.25) is 5.56 Å². The monoisotopic (exact) mass is 416 g/mol. The Hall–Kier alpha value is -3.49. The summed E-state index contributed by atoms with van der Waals surface area (Å²) in [6.07, 6.45) is -1.92. The quantitative estimate of drug-likeness (QED) is 0.641. The van der Waals surface area contributed by atoms with Crippen LogP contribution < -0.4 is 10.9 Å². The highest BCUT2D eigenvalue weighted by Gasteiger charge is 2.46. The summed E-state index contributed by atoms with van der Waals surface area (Å²) in [6.45, 7) is 1.80. The van der Waals surface area contributed by atoms with Crippen LogP contribution in [0.4, 0.5) is 17.6 Å². The third-order valence-corrected chi connectivity index (χ3v) is 5.13. The molecule has 1 aliphatic heterocycles. The summed E-state index contributed by atoms with van der Waals surface area (Å²) >= 11 is 0. The average molecular weight is 416 g/mol. The van der Waals surface area contributed by atoms with Crippen LogP contribution in [0.1, 0.15) is 29.3 Å². The summed E-state index contributed by atoms with van der Waals surface area (Å²) in [6, 6.07) is 10.4. The first-order valence-electron chi connectivity index (χ1n) is 9.05. The first-order valence-corrected chi connectivity index (χ1v) is 9.05. The van der Waals surface area contributed by atoms with Gasteiger partial charge in [0, 0.05) is 29.6 Å². The van der Waals surface area contributed by atoms with Crippen LogP contribution in [0.15, 0.2) is 70.7 Å². The minimum atomic E-state index is -4.56. The van der Waals surface area contributed by atoms with Gasteiger partial charge < -0.3 is 10.3 Å². The lowest BCUT2D eigenvalue weighted by Gasteiger charge is -2.35. The maximum Gasteiger partial charge on any atom is 0.433 e. The summed E-state index contributed by atoms with van der Waals surface area (Å²) in [4.78, 5) is 22.1. The number of hydrogen-bond acceptors (Lipinski definition) is 4. The number of aromatic nitrogens is 2. The second kappa shape index (κ2) is 7.08. The van der Waals surface area contributed by atoms with Crippen LogP contribution in [0.3, 0.4) is 0 Å². The molecule has 9 heteroatoms. The van der Waals surface area contributed by atoms with Crippen molar-refractivity contribution >= 4 is 5.84 Å². The zero-order chi connectivity index (χ0) is 21.5. The van der Waals surface area contributed by atoms with E-state index in [4.69, 9.17) is 0 Å². The minimum Gasteiger partial charge on any atom is -0.354 e. The second-order valence-corrected chi connectivity index (χ2v) is 6.97. The van der Waals surface area contributed by atoms with Crippen molar-refractivity contribution in [3.8, 4) is 0 Å². The molecule has 2 N–H and O–H groups in total. The van der Waals surface area contributed by atoms with Crippen LogP contribution in [0.2, 0.25) is 0 Å². The van der Waals surface area contributed by atoms with Gasteiger partial charge in [-0.05, 0) is 36.8 Å². The molecule has 1 aliphatic rings. The normalized spacial score (nSPS) is 21.2. The van der Waals surface area contributed by atoms with Gasteiger partial charge in [-0.1, -0.05) is 18.2 Å². The molecule has 0 saturated heterocycles. The number of benzene rings is 1. The number of alkyl halides is 3. The highest BCUT2D eigenvalue weighted by atomic mass is 19.4. The van der Waals surface area contributed by atoms with Crippen molar-refractivity contribution in [1.29, 1.82) is 0 Å². The van der Waals surface area contributed by atoms with E-state index in [1.54, 1.807) is 25.1 Å². The number of amidine groups is 1. The van der Waals surface area contributed by atoms with Crippen LogP contribution >= 0.6 is 0 Å². The molecule has 1 aromatic carbocycles. The van der Waals surface area contributed by atoms with E-state index in [0.29, 0.717) is 22.5 Å². The Morgan fingerprint density at radius 1 is 1.00 bits per heavy atom. The number of pyridine rings is 2. The Labute approximate surface area is 168 Å². The van der Waals surface area contributed by atoms with Crippen molar-refractivity contribution in [2.45, 2.75) is 24.7 Å². The number of rotatable bonds is 3. The number of halogens is 4. The molecular formula is C21H16F4N4O. The van der Waals surface area contributed by atoms with Crippen LogP contribution in [-0.4, -0.2) is 21.8 Å². The molecule has 0 fully saturated rings. The highest BCUT2D eigenvalue weighted by molar-refractivity contribution is 6.01. The van der Waals surface area contributed by atoms with E-state index in [9.17, 15) is 22.4 Å². The SMILES string of the molecule is C[C@@H]1N=C(c2ccc(=O)[nH]c2)NC1(c1ccc(F)cc1)c1ccc(C(F)(F)F)nc1. The molecule has 3 aromatic rings. The number of nitrogens with zero attached hydrogens (tertiary/aromatic N) is 2. The number of nitrogens with one attached hydrogen (secondary N) is 2. The third kappa shape index (κ3) is 3.36. The van der Waals surface area contributed by atoms with Gasteiger partial charge in [-0.3, -0.25) is 14.8 Å². The van der Waals surface area contributed by atoms with Gasteiger partial charge in [-0.2, -0.15) is 13.2 Å². The Morgan fingerprint density at radius 2 is 1.70 bits per heavy atom. The van der Waals surface area contributed by atoms with Crippen LogP contribution in [0.25, 0.3) is 0 Å². The molecule has 2 atom stereocenters. The zero-order valence-corrected chi connectivity index (χ0v) is 15.7. The minimum absolute atomic E-state index is 0.276. The molecule has 4 rings (SSSR count). The van der Waals surface area contributed by atoms with Crippen LogP contribution in [0.5, 0.6) is 0 Å². The van der Waals surface area contributed by atoms with Gasteiger partial charge in [0.25, 0.3) is 0 Å². The summed E-state index contributed by atoms with van der Waals surface area (Å²) < 4.78 is 52.5. The Morgan fingerprint density at radius 3 is 2.27 bits per heavy atom. The van der Waals surface area contributed by atoms with Crippen molar-refractivity contribution in [1.82, 2.24) is 15.3 Å². The molecule has 0 aliphatic carbocycles. The number of aliphatic imine (C=N–C) groups is 1. The molecule has 0 spiro atoms. The summed E-state index contributed by atoms with van der Waals surface area (Å²) in [7, 11) is 0. The molecule has 0 amide bonds. The fourth-order valence-electron chi connectivity index (χ4n) is 3.62. The van der Waals surface area contributed by atoms with E-state index in [1.807, 2.05) is 0 Å². The Bertz CT molecular complexity index is 1130. The predicted molar refractivity (Wildman–Crippen MR) is 103 cm³/mol. The van der Waals surface area contributed by atoms with Crippen molar-refractivity contribution in [3.63, 3.8) is 0 Å². The summed E-state index contributed by atoms with van der Waals surface area (Å²) in [5.41, 5.74) is -0.699. The number of hydrogen-bond donors (Lipinski definition) is 2. The Balaban J connectivity index is 1.83. The highest BCUT2D eigenvalue weighted by Crippen LogP contribution is 2.39. The molecule has 154 valence electrons. The molecular weight excluding hydrogens is 400 g/mol. The molecule has 0 radical (unpaired) electrons. The fraction of sp³-hybridized carbons (Fsp3) is 0.190. The van der Waals surface area contributed by atoms with E-state index >= 15 is 0 Å². The summed E-state index contributed by atoms with van der Waals surface area (Å²) in [5.74, 6) is 0.00911. The lowest BCUT2D eigenvalue weighted by Crippen LogP contribution is -2.48. The van der Waals surface area contributed by atoms with Crippen LogP contribution in [0, 0.1) is 5.82 Å². The van der Waals surface area contributed by atoms with Crippen molar-refractivity contribution in [2.24, 2.45) is 4.99 Å². The van der Waals surface area contributed by atoms with E-state index < -0.39 is 29.3 Å². The third-order valence-electron chi connectivity index (χ3n) is 5.13. The predicted octanol–water partition coefficient (Wildman–Crippen LogP) is 3.61. The second-order valence-electron chi connectivity index (χ2n) is 6.97. The largest absolute Gasteiger partial charge is 0.433 e. The van der Waals surface area contributed by atoms with Crippen molar-refractivity contribution in [3.05, 3.63) is 99.5 Å². The van der Waals surface area contributed by atoms with Crippen molar-refractivity contribution in [2.75, 3.05) is 0 Å².